The van der Waals surface area contributed by atoms with Gasteiger partial charge >= 0.3 is 0 Å². The smallest absolute Gasteiger partial charge is 0.243 e. The first-order valence-corrected chi connectivity index (χ1v) is 13.1. The molecule has 9 nitrogen and oxygen atoms in total. The molecule has 2 aromatic rings. The lowest BCUT2D eigenvalue weighted by atomic mass is 9.99. The Kier molecular flexibility index (Phi) is 7.46. The number of ether oxygens (including phenoxy) is 1. The van der Waals surface area contributed by atoms with Crippen molar-refractivity contribution < 1.29 is 26.4 Å². The number of sulfonamides is 2. The molecule has 174 valence electrons. The fraction of sp³-hybridized carbons (Fsp3) is 0.350. The number of nitrogens with zero attached hydrogens (tertiary/aromatic N) is 1. The van der Waals surface area contributed by atoms with Gasteiger partial charge in [0.05, 0.1) is 27.8 Å². The number of primary sulfonamides is 1. The van der Waals surface area contributed by atoms with E-state index in [1.54, 1.807) is 12.1 Å². The summed E-state index contributed by atoms with van der Waals surface area (Å²) in [7, 11) is -6.16. The minimum atomic E-state index is -3.82. The first-order valence-electron chi connectivity index (χ1n) is 9.75. The van der Waals surface area contributed by atoms with E-state index >= 15 is 0 Å². The third-order valence-corrected chi connectivity index (χ3v) is 8.32. The molecule has 0 spiro atoms. The number of benzene rings is 2. The molecule has 1 heterocycles. The molecule has 1 aliphatic rings. The SMILES string of the molecule is COc1ccc(S(=O)(=O)N2CCC[C@@H](C(=O)NCc3ccc(S(N)(=O)=O)cc3)C2)cc1Cl. The van der Waals surface area contributed by atoms with Crippen molar-refractivity contribution >= 4 is 37.6 Å². The minimum absolute atomic E-state index is 0.0145. The zero-order chi connectivity index (χ0) is 23.5. The average Bonchev–Trinajstić information content (AvgIpc) is 2.77. The Hall–Kier alpha value is -2.18. The van der Waals surface area contributed by atoms with Gasteiger partial charge in [-0.05, 0) is 48.7 Å². The normalized spacial score (nSPS) is 17.7. The van der Waals surface area contributed by atoms with E-state index in [1.807, 2.05) is 0 Å². The molecular weight excluding hydrogens is 478 g/mol. The first-order chi connectivity index (χ1) is 15.0. The highest BCUT2D eigenvalue weighted by Crippen LogP contribution is 2.30. The van der Waals surface area contributed by atoms with Gasteiger partial charge in [0.15, 0.2) is 0 Å². The Balaban J connectivity index is 1.64. The van der Waals surface area contributed by atoms with Gasteiger partial charge in [0, 0.05) is 19.6 Å². The number of methoxy groups -OCH3 is 1. The first kappa shape index (κ1) is 24.5. The molecule has 1 amide bonds. The maximum absolute atomic E-state index is 13.0. The van der Waals surface area contributed by atoms with Crippen molar-refractivity contribution in [3.8, 4) is 5.75 Å². The summed E-state index contributed by atoms with van der Waals surface area (Å²) in [5, 5.41) is 8.05. The van der Waals surface area contributed by atoms with Crippen LogP contribution in [0.4, 0.5) is 0 Å². The highest BCUT2D eigenvalue weighted by Gasteiger charge is 2.33. The Labute approximate surface area is 192 Å². The molecule has 1 fully saturated rings. The number of nitrogens with one attached hydrogen (secondary N) is 1. The lowest BCUT2D eigenvalue weighted by Gasteiger charge is -2.31. The number of halogens is 1. The van der Waals surface area contributed by atoms with Crippen molar-refractivity contribution in [2.45, 2.75) is 29.2 Å². The number of amides is 1. The number of nitrogens with two attached hydrogens (primary N) is 1. The van der Waals surface area contributed by atoms with Crippen molar-refractivity contribution in [2.24, 2.45) is 11.1 Å². The van der Waals surface area contributed by atoms with Crippen LogP contribution in [0.15, 0.2) is 52.3 Å². The van der Waals surface area contributed by atoms with E-state index in [-0.39, 0.29) is 33.8 Å². The average molecular weight is 502 g/mol. The molecule has 2 aromatic carbocycles. The lowest BCUT2D eigenvalue weighted by molar-refractivity contribution is -0.126. The van der Waals surface area contributed by atoms with Gasteiger partial charge in [0.2, 0.25) is 26.0 Å². The molecule has 0 unspecified atom stereocenters. The maximum Gasteiger partial charge on any atom is 0.243 e. The van der Waals surface area contributed by atoms with Gasteiger partial charge in [-0.25, -0.2) is 22.0 Å². The summed E-state index contributed by atoms with van der Waals surface area (Å²) in [6, 6.07) is 10.1. The Morgan fingerprint density at radius 1 is 1.16 bits per heavy atom. The highest BCUT2D eigenvalue weighted by molar-refractivity contribution is 7.89. The van der Waals surface area contributed by atoms with Crippen LogP contribution in [-0.4, -0.2) is 47.2 Å². The topological polar surface area (TPSA) is 136 Å². The molecule has 0 aliphatic carbocycles. The summed E-state index contributed by atoms with van der Waals surface area (Å²) in [5.41, 5.74) is 0.693. The molecule has 3 N–H and O–H groups in total. The number of rotatable bonds is 7. The quantitative estimate of drug-likeness (QED) is 0.592. The zero-order valence-corrected chi connectivity index (χ0v) is 19.7. The van der Waals surface area contributed by atoms with E-state index in [1.165, 1.54) is 41.7 Å². The van der Waals surface area contributed by atoms with Crippen LogP contribution in [0.1, 0.15) is 18.4 Å². The van der Waals surface area contributed by atoms with Gasteiger partial charge in [-0.3, -0.25) is 4.79 Å². The van der Waals surface area contributed by atoms with E-state index in [0.717, 1.165) is 0 Å². The minimum Gasteiger partial charge on any atom is -0.495 e. The molecule has 0 aromatic heterocycles. The molecule has 1 atom stereocenters. The van der Waals surface area contributed by atoms with Crippen molar-refractivity contribution in [3.63, 3.8) is 0 Å². The Morgan fingerprint density at radius 3 is 2.41 bits per heavy atom. The van der Waals surface area contributed by atoms with Crippen LogP contribution >= 0.6 is 11.6 Å². The second kappa shape index (κ2) is 9.75. The maximum atomic E-state index is 13.0. The summed E-state index contributed by atoms with van der Waals surface area (Å²) in [6.07, 6.45) is 1.11. The van der Waals surface area contributed by atoms with Crippen LogP contribution in [0.3, 0.4) is 0 Å². The fourth-order valence-electron chi connectivity index (χ4n) is 3.46. The van der Waals surface area contributed by atoms with E-state index in [4.69, 9.17) is 21.5 Å². The lowest BCUT2D eigenvalue weighted by Crippen LogP contribution is -2.45. The van der Waals surface area contributed by atoms with Gasteiger partial charge in [-0.1, -0.05) is 23.7 Å². The number of hydrogen-bond acceptors (Lipinski definition) is 6. The standard InChI is InChI=1S/C20H24ClN3O6S2/c1-30-19-9-8-17(11-18(19)21)32(28,29)24-10-2-3-15(13-24)20(25)23-12-14-4-6-16(7-5-14)31(22,26)27/h4-9,11,15H,2-3,10,12-13H2,1H3,(H,23,25)(H2,22,26,27)/t15-/m1/s1. The molecule has 0 saturated carbocycles. The third-order valence-electron chi connectivity index (χ3n) is 5.23. The largest absolute Gasteiger partial charge is 0.495 e. The van der Waals surface area contributed by atoms with Gasteiger partial charge < -0.3 is 10.1 Å². The molecule has 12 heteroatoms. The van der Waals surface area contributed by atoms with Crippen molar-refractivity contribution in [2.75, 3.05) is 20.2 Å². The zero-order valence-electron chi connectivity index (χ0n) is 17.3. The summed E-state index contributed by atoms with van der Waals surface area (Å²) >= 11 is 6.08. The monoisotopic (exact) mass is 501 g/mol. The number of carbonyl (C=O) groups excluding carboxylic acids is 1. The fourth-order valence-corrected chi connectivity index (χ4v) is 5.85. The number of carbonyl (C=O) groups is 1. The molecule has 32 heavy (non-hydrogen) atoms. The summed E-state index contributed by atoms with van der Waals surface area (Å²) in [5.74, 6) is -0.400. The van der Waals surface area contributed by atoms with Gasteiger partial charge in [-0.2, -0.15) is 4.31 Å². The third kappa shape index (κ3) is 5.59. The molecule has 1 saturated heterocycles. The van der Waals surface area contributed by atoms with Crippen LogP contribution in [-0.2, 0) is 31.4 Å². The van der Waals surface area contributed by atoms with E-state index in [0.29, 0.717) is 30.7 Å². The summed E-state index contributed by atoms with van der Waals surface area (Å²) in [4.78, 5) is 12.7. The number of piperidine rings is 1. The van der Waals surface area contributed by atoms with Crippen LogP contribution in [0.25, 0.3) is 0 Å². The van der Waals surface area contributed by atoms with E-state index in [2.05, 4.69) is 5.32 Å². The predicted octanol–water partition coefficient (Wildman–Crippen LogP) is 1.71. The molecule has 0 radical (unpaired) electrons. The molecular formula is C20H24ClN3O6S2. The van der Waals surface area contributed by atoms with Crippen molar-refractivity contribution in [3.05, 3.63) is 53.1 Å². The van der Waals surface area contributed by atoms with Crippen LogP contribution in [0.2, 0.25) is 5.02 Å². The van der Waals surface area contributed by atoms with Crippen molar-refractivity contribution in [1.29, 1.82) is 0 Å². The molecule has 1 aliphatic heterocycles. The van der Waals surface area contributed by atoms with Gasteiger partial charge in [-0.15, -0.1) is 0 Å². The van der Waals surface area contributed by atoms with Gasteiger partial charge in [0.1, 0.15) is 5.75 Å². The van der Waals surface area contributed by atoms with E-state index in [9.17, 15) is 21.6 Å². The number of hydrogen-bond donors (Lipinski definition) is 2. The highest BCUT2D eigenvalue weighted by atomic mass is 35.5. The second-order valence-corrected chi connectivity index (χ2v) is 11.3. The van der Waals surface area contributed by atoms with E-state index < -0.39 is 26.0 Å². The van der Waals surface area contributed by atoms with Crippen molar-refractivity contribution in [1.82, 2.24) is 9.62 Å². The second-order valence-electron chi connectivity index (χ2n) is 7.41. The van der Waals surface area contributed by atoms with Crippen LogP contribution in [0.5, 0.6) is 5.75 Å². The van der Waals surface area contributed by atoms with Crippen LogP contribution < -0.4 is 15.2 Å². The van der Waals surface area contributed by atoms with Gasteiger partial charge in [0.25, 0.3) is 0 Å². The Bertz CT molecular complexity index is 1200. The summed E-state index contributed by atoms with van der Waals surface area (Å²) in [6.45, 7) is 0.550. The molecule has 3 rings (SSSR count). The Morgan fingerprint density at radius 2 is 1.81 bits per heavy atom. The predicted molar refractivity (Wildman–Crippen MR) is 119 cm³/mol. The molecule has 0 bridgehead atoms. The summed E-state index contributed by atoms with van der Waals surface area (Å²) < 4.78 is 55.1. The van der Waals surface area contributed by atoms with Crippen LogP contribution in [0, 0.1) is 5.92 Å².